The van der Waals surface area contributed by atoms with Crippen LogP contribution in [0.5, 0.6) is 5.75 Å². The molecule has 0 atom stereocenters. The third kappa shape index (κ3) is 2.56. The van der Waals surface area contributed by atoms with Crippen LogP contribution >= 0.6 is 15.9 Å². The number of aldehydes is 1. The summed E-state index contributed by atoms with van der Waals surface area (Å²) in [6, 6.07) is 6.77. The van der Waals surface area contributed by atoms with Crippen LogP contribution in [-0.4, -0.2) is 12.9 Å². The van der Waals surface area contributed by atoms with Gasteiger partial charge in [-0.05, 0) is 34.1 Å². The maximum atomic E-state index is 10.4. The number of carbonyl (C=O) groups excluding carboxylic acids is 1. The molecule has 1 aromatic carbocycles. The van der Waals surface area contributed by atoms with Gasteiger partial charge in [-0.2, -0.15) is 5.26 Å². The molecule has 0 saturated carbocycles. The molecule has 0 bridgehead atoms. The number of benzene rings is 1. The van der Waals surface area contributed by atoms with Crippen molar-refractivity contribution in [2.45, 2.75) is 0 Å². The fourth-order valence-electron chi connectivity index (χ4n) is 0.817. The van der Waals surface area contributed by atoms with E-state index in [4.69, 9.17) is 10.00 Å². The van der Waals surface area contributed by atoms with Gasteiger partial charge in [-0.3, -0.25) is 4.79 Å². The maximum absolute atomic E-state index is 10.4. The van der Waals surface area contributed by atoms with Crippen molar-refractivity contribution in [1.29, 1.82) is 5.26 Å². The first-order valence-electron chi connectivity index (χ1n) is 3.52. The molecule has 0 unspecified atom stereocenters. The van der Waals surface area contributed by atoms with Gasteiger partial charge in [0.05, 0.1) is 4.47 Å². The van der Waals surface area contributed by atoms with E-state index >= 15 is 0 Å². The van der Waals surface area contributed by atoms with Gasteiger partial charge >= 0.3 is 0 Å². The molecule has 3 nitrogen and oxygen atoms in total. The van der Waals surface area contributed by atoms with Crippen molar-refractivity contribution in [2.75, 3.05) is 6.61 Å². The molecule has 0 saturated heterocycles. The predicted molar refractivity (Wildman–Crippen MR) is 50.6 cm³/mol. The Morgan fingerprint density at radius 2 is 2.38 bits per heavy atom. The van der Waals surface area contributed by atoms with Crippen LogP contribution in [0.3, 0.4) is 0 Å². The first kappa shape index (κ1) is 9.75. The molecule has 13 heavy (non-hydrogen) atoms. The van der Waals surface area contributed by atoms with Gasteiger partial charge in [-0.15, -0.1) is 0 Å². The molecule has 1 aromatic rings. The summed E-state index contributed by atoms with van der Waals surface area (Å²) in [5.74, 6) is 0.562. The Morgan fingerprint density at radius 1 is 1.62 bits per heavy atom. The third-order valence-electron chi connectivity index (χ3n) is 1.38. The smallest absolute Gasteiger partial charge is 0.174 e. The van der Waals surface area contributed by atoms with Crippen molar-refractivity contribution in [3.8, 4) is 11.8 Å². The summed E-state index contributed by atoms with van der Waals surface area (Å²) in [7, 11) is 0. The number of carbonyl (C=O) groups is 1. The monoisotopic (exact) mass is 239 g/mol. The number of nitrogens with zero attached hydrogens (tertiary/aromatic N) is 1. The van der Waals surface area contributed by atoms with Gasteiger partial charge in [0, 0.05) is 5.56 Å². The summed E-state index contributed by atoms with van der Waals surface area (Å²) in [6.45, 7) is -0.000956. The van der Waals surface area contributed by atoms with Crippen LogP contribution in [0.25, 0.3) is 0 Å². The molecule has 66 valence electrons. The lowest BCUT2D eigenvalue weighted by Gasteiger charge is -2.03. The average Bonchev–Trinajstić information content (AvgIpc) is 2.16. The Balaban J connectivity index is 2.86. The zero-order valence-electron chi connectivity index (χ0n) is 6.66. The SMILES string of the molecule is N#CCOc1ccc(C=O)cc1Br. The van der Waals surface area contributed by atoms with E-state index in [9.17, 15) is 4.79 Å². The molecular formula is C9H6BrNO2. The Bertz CT molecular complexity index is 357. The summed E-state index contributed by atoms with van der Waals surface area (Å²) in [4.78, 5) is 10.4. The Kier molecular flexibility index (Phi) is 3.47. The van der Waals surface area contributed by atoms with Gasteiger partial charge in [0.1, 0.15) is 18.1 Å². The maximum Gasteiger partial charge on any atom is 0.174 e. The van der Waals surface area contributed by atoms with Crippen LogP contribution < -0.4 is 4.74 Å². The van der Waals surface area contributed by atoms with Crippen molar-refractivity contribution >= 4 is 22.2 Å². The van der Waals surface area contributed by atoms with E-state index in [0.29, 0.717) is 15.8 Å². The lowest BCUT2D eigenvalue weighted by atomic mass is 10.2. The standard InChI is InChI=1S/C9H6BrNO2/c10-8-5-7(6-12)1-2-9(8)13-4-3-11/h1-2,5-6H,4H2. The van der Waals surface area contributed by atoms with E-state index in [2.05, 4.69) is 15.9 Å². The molecular weight excluding hydrogens is 234 g/mol. The molecule has 0 aromatic heterocycles. The van der Waals surface area contributed by atoms with Gasteiger partial charge < -0.3 is 4.74 Å². The van der Waals surface area contributed by atoms with E-state index in [0.717, 1.165) is 6.29 Å². The van der Waals surface area contributed by atoms with E-state index in [-0.39, 0.29) is 6.61 Å². The van der Waals surface area contributed by atoms with Crippen LogP contribution in [0.4, 0.5) is 0 Å². The van der Waals surface area contributed by atoms with Crippen LogP contribution in [-0.2, 0) is 0 Å². The van der Waals surface area contributed by atoms with Crippen molar-refractivity contribution in [3.05, 3.63) is 28.2 Å². The van der Waals surface area contributed by atoms with E-state index in [1.54, 1.807) is 18.2 Å². The lowest BCUT2D eigenvalue weighted by Crippen LogP contribution is -1.94. The van der Waals surface area contributed by atoms with Gasteiger partial charge in [0.2, 0.25) is 0 Å². The summed E-state index contributed by atoms with van der Waals surface area (Å²) < 4.78 is 5.73. The molecule has 0 N–H and O–H groups in total. The molecule has 0 heterocycles. The van der Waals surface area contributed by atoms with Crippen LogP contribution in [0, 0.1) is 11.3 Å². The number of hydrogen-bond donors (Lipinski definition) is 0. The number of halogens is 1. The van der Waals surface area contributed by atoms with Crippen LogP contribution in [0.2, 0.25) is 0 Å². The molecule has 0 fully saturated rings. The highest BCUT2D eigenvalue weighted by Gasteiger charge is 2.01. The minimum Gasteiger partial charge on any atom is -0.478 e. The summed E-state index contributed by atoms with van der Waals surface area (Å²) in [5.41, 5.74) is 0.566. The van der Waals surface area contributed by atoms with Crippen molar-refractivity contribution in [2.24, 2.45) is 0 Å². The quantitative estimate of drug-likeness (QED) is 0.760. The zero-order valence-corrected chi connectivity index (χ0v) is 8.24. The number of hydrogen-bond acceptors (Lipinski definition) is 3. The van der Waals surface area contributed by atoms with Gasteiger partial charge in [-0.25, -0.2) is 0 Å². The largest absolute Gasteiger partial charge is 0.478 e. The molecule has 4 heteroatoms. The normalized spacial score (nSPS) is 8.92. The molecule has 0 aliphatic carbocycles. The fraction of sp³-hybridized carbons (Fsp3) is 0.111. The highest BCUT2D eigenvalue weighted by atomic mass is 79.9. The van der Waals surface area contributed by atoms with Crippen molar-refractivity contribution < 1.29 is 9.53 Å². The molecule has 1 rings (SSSR count). The zero-order chi connectivity index (χ0) is 9.68. The fourth-order valence-corrected chi connectivity index (χ4v) is 1.33. The minimum absolute atomic E-state index is 0.000956. The van der Waals surface area contributed by atoms with E-state index < -0.39 is 0 Å². The summed E-state index contributed by atoms with van der Waals surface area (Å²) in [6.07, 6.45) is 0.749. The van der Waals surface area contributed by atoms with Gasteiger partial charge in [0.15, 0.2) is 6.61 Å². The average molecular weight is 240 g/mol. The van der Waals surface area contributed by atoms with Gasteiger partial charge in [0.25, 0.3) is 0 Å². The highest BCUT2D eigenvalue weighted by Crippen LogP contribution is 2.25. The molecule has 0 aliphatic rings. The Hall–Kier alpha value is -1.34. The van der Waals surface area contributed by atoms with Crippen LogP contribution in [0.15, 0.2) is 22.7 Å². The highest BCUT2D eigenvalue weighted by molar-refractivity contribution is 9.10. The number of ether oxygens (including phenoxy) is 1. The lowest BCUT2D eigenvalue weighted by molar-refractivity contribution is 0.112. The minimum atomic E-state index is -0.000956. The number of rotatable bonds is 3. The molecule has 0 amide bonds. The van der Waals surface area contributed by atoms with E-state index in [1.807, 2.05) is 6.07 Å². The first-order valence-corrected chi connectivity index (χ1v) is 4.31. The molecule has 0 spiro atoms. The first-order chi connectivity index (χ1) is 6.27. The number of nitriles is 1. The Labute approximate surface area is 84.1 Å². The second-order valence-electron chi connectivity index (χ2n) is 2.25. The van der Waals surface area contributed by atoms with Crippen molar-refractivity contribution in [3.63, 3.8) is 0 Å². The second kappa shape index (κ2) is 4.63. The molecule has 0 aliphatic heterocycles. The predicted octanol–water partition coefficient (Wildman–Crippen LogP) is 2.16. The topological polar surface area (TPSA) is 50.1 Å². The molecule has 0 radical (unpaired) electrons. The summed E-state index contributed by atoms with van der Waals surface area (Å²) >= 11 is 3.22. The van der Waals surface area contributed by atoms with Crippen LogP contribution in [0.1, 0.15) is 10.4 Å². The summed E-state index contributed by atoms with van der Waals surface area (Å²) in [5, 5.41) is 8.27. The van der Waals surface area contributed by atoms with E-state index in [1.165, 1.54) is 0 Å². The third-order valence-corrected chi connectivity index (χ3v) is 2.00. The van der Waals surface area contributed by atoms with Crippen molar-refractivity contribution in [1.82, 2.24) is 0 Å². The van der Waals surface area contributed by atoms with Gasteiger partial charge in [-0.1, -0.05) is 0 Å². The Morgan fingerprint density at radius 3 is 2.92 bits per heavy atom. The second-order valence-corrected chi connectivity index (χ2v) is 3.11.